The van der Waals surface area contributed by atoms with Crippen molar-refractivity contribution in [3.63, 3.8) is 0 Å². The molecular weight excluding hydrogens is 324 g/mol. The highest BCUT2D eigenvalue weighted by molar-refractivity contribution is 6.32. The molecule has 0 saturated carbocycles. The van der Waals surface area contributed by atoms with Crippen LogP contribution in [0.25, 0.3) is 6.08 Å². The molecule has 1 aliphatic heterocycles. The van der Waals surface area contributed by atoms with Crippen molar-refractivity contribution in [1.82, 2.24) is 0 Å². The van der Waals surface area contributed by atoms with Crippen LogP contribution in [0, 0.1) is 0 Å². The monoisotopic (exact) mass is 340 g/mol. The SMILES string of the molecule is CCOc1ccccc1/C=C1/C(=O)N(c2ccc(Cl)cc2)N=C1C. The number of hydrazone groups is 1. The van der Waals surface area contributed by atoms with E-state index < -0.39 is 0 Å². The fourth-order valence-corrected chi connectivity index (χ4v) is 2.61. The number of anilines is 1. The van der Waals surface area contributed by atoms with Gasteiger partial charge in [-0.05, 0) is 50.3 Å². The summed E-state index contributed by atoms with van der Waals surface area (Å²) in [4.78, 5) is 12.7. The van der Waals surface area contributed by atoms with Gasteiger partial charge in [0.2, 0.25) is 0 Å². The van der Waals surface area contributed by atoms with Gasteiger partial charge in [0.05, 0.1) is 23.6 Å². The second-order valence-corrected chi connectivity index (χ2v) is 5.74. The van der Waals surface area contributed by atoms with Gasteiger partial charge < -0.3 is 4.74 Å². The van der Waals surface area contributed by atoms with Crippen LogP contribution in [0.2, 0.25) is 5.02 Å². The lowest BCUT2D eigenvalue weighted by atomic mass is 10.1. The highest BCUT2D eigenvalue weighted by Gasteiger charge is 2.28. The number of rotatable bonds is 4. The maximum absolute atomic E-state index is 12.7. The van der Waals surface area contributed by atoms with E-state index in [0.29, 0.717) is 28.6 Å². The van der Waals surface area contributed by atoms with Gasteiger partial charge in [-0.15, -0.1) is 0 Å². The summed E-state index contributed by atoms with van der Waals surface area (Å²) in [5.41, 5.74) is 2.76. The predicted octanol–water partition coefficient (Wildman–Crippen LogP) is 4.54. The van der Waals surface area contributed by atoms with Crippen LogP contribution in [-0.2, 0) is 4.79 Å². The maximum Gasteiger partial charge on any atom is 0.280 e. The molecule has 0 aliphatic carbocycles. The molecule has 4 nitrogen and oxygen atoms in total. The van der Waals surface area contributed by atoms with Crippen LogP contribution in [0.1, 0.15) is 19.4 Å². The van der Waals surface area contributed by atoms with Crippen LogP contribution in [0.3, 0.4) is 0 Å². The molecule has 24 heavy (non-hydrogen) atoms. The first kappa shape index (κ1) is 16.3. The first-order valence-corrected chi connectivity index (χ1v) is 8.07. The van der Waals surface area contributed by atoms with Crippen LogP contribution >= 0.6 is 11.6 Å². The average molecular weight is 341 g/mol. The van der Waals surface area contributed by atoms with Gasteiger partial charge in [0, 0.05) is 10.6 Å². The lowest BCUT2D eigenvalue weighted by molar-refractivity contribution is -0.114. The van der Waals surface area contributed by atoms with Crippen molar-refractivity contribution in [3.05, 3.63) is 64.7 Å². The minimum Gasteiger partial charge on any atom is -0.493 e. The number of carbonyl (C=O) groups excluding carboxylic acids is 1. The van der Waals surface area contributed by atoms with Crippen LogP contribution in [-0.4, -0.2) is 18.2 Å². The zero-order chi connectivity index (χ0) is 17.1. The third-order valence-electron chi connectivity index (χ3n) is 3.65. The molecule has 2 aromatic carbocycles. The predicted molar refractivity (Wildman–Crippen MR) is 97.6 cm³/mol. The molecule has 0 unspecified atom stereocenters. The normalized spacial score (nSPS) is 15.8. The third-order valence-corrected chi connectivity index (χ3v) is 3.90. The Morgan fingerprint density at radius 1 is 1.17 bits per heavy atom. The zero-order valence-corrected chi connectivity index (χ0v) is 14.2. The molecule has 0 bridgehead atoms. The maximum atomic E-state index is 12.7. The van der Waals surface area contributed by atoms with Gasteiger partial charge in [-0.2, -0.15) is 10.1 Å². The Balaban J connectivity index is 1.95. The molecule has 0 spiro atoms. The summed E-state index contributed by atoms with van der Waals surface area (Å²) in [5.74, 6) is 0.583. The lowest BCUT2D eigenvalue weighted by Crippen LogP contribution is -2.21. The Morgan fingerprint density at radius 2 is 1.88 bits per heavy atom. The van der Waals surface area contributed by atoms with Crippen molar-refractivity contribution in [3.8, 4) is 5.75 Å². The van der Waals surface area contributed by atoms with E-state index in [1.807, 2.05) is 44.2 Å². The summed E-state index contributed by atoms with van der Waals surface area (Å²) in [6.07, 6.45) is 1.82. The summed E-state index contributed by atoms with van der Waals surface area (Å²) in [5, 5.41) is 6.38. The van der Waals surface area contributed by atoms with Crippen molar-refractivity contribution in [2.75, 3.05) is 11.6 Å². The zero-order valence-electron chi connectivity index (χ0n) is 13.5. The van der Waals surface area contributed by atoms with Gasteiger partial charge >= 0.3 is 0 Å². The van der Waals surface area contributed by atoms with E-state index >= 15 is 0 Å². The van der Waals surface area contributed by atoms with Crippen molar-refractivity contribution >= 4 is 35.0 Å². The second kappa shape index (κ2) is 6.89. The Hall–Kier alpha value is -2.59. The van der Waals surface area contributed by atoms with E-state index in [1.165, 1.54) is 5.01 Å². The molecular formula is C19H17ClN2O2. The van der Waals surface area contributed by atoms with Crippen LogP contribution in [0.5, 0.6) is 5.75 Å². The molecule has 1 heterocycles. The van der Waals surface area contributed by atoms with Crippen LogP contribution in [0.4, 0.5) is 5.69 Å². The summed E-state index contributed by atoms with van der Waals surface area (Å²) in [6.45, 7) is 4.32. The Kier molecular flexibility index (Phi) is 4.67. The van der Waals surface area contributed by atoms with Crippen molar-refractivity contribution in [2.45, 2.75) is 13.8 Å². The minimum absolute atomic E-state index is 0.166. The van der Waals surface area contributed by atoms with Gasteiger partial charge in [0.1, 0.15) is 5.75 Å². The number of carbonyl (C=O) groups is 1. The first-order valence-electron chi connectivity index (χ1n) is 7.69. The van der Waals surface area contributed by atoms with E-state index in [0.717, 1.165) is 11.3 Å². The van der Waals surface area contributed by atoms with Crippen LogP contribution < -0.4 is 9.75 Å². The first-order chi connectivity index (χ1) is 11.6. The fourth-order valence-electron chi connectivity index (χ4n) is 2.48. The Bertz CT molecular complexity index is 826. The number of amides is 1. The minimum atomic E-state index is -0.166. The highest BCUT2D eigenvalue weighted by Crippen LogP contribution is 2.28. The van der Waals surface area contributed by atoms with Gasteiger partial charge in [0.25, 0.3) is 5.91 Å². The standard InChI is InChI=1S/C19H17ClN2O2/c1-3-24-18-7-5-4-6-14(18)12-17-13(2)21-22(19(17)23)16-10-8-15(20)9-11-16/h4-12H,3H2,1-2H3/b17-12+. The van der Waals surface area contributed by atoms with Crippen LogP contribution in [0.15, 0.2) is 59.2 Å². The highest BCUT2D eigenvalue weighted by atomic mass is 35.5. The largest absolute Gasteiger partial charge is 0.493 e. The van der Waals surface area contributed by atoms with E-state index in [-0.39, 0.29) is 5.91 Å². The van der Waals surface area contributed by atoms with E-state index in [9.17, 15) is 4.79 Å². The van der Waals surface area contributed by atoms with Gasteiger partial charge in [0.15, 0.2) is 0 Å². The smallest absolute Gasteiger partial charge is 0.280 e. The van der Waals surface area contributed by atoms with E-state index in [1.54, 1.807) is 24.3 Å². The van der Waals surface area contributed by atoms with E-state index in [2.05, 4.69) is 5.10 Å². The molecule has 0 atom stereocenters. The molecule has 1 amide bonds. The topological polar surface area (TPSA) is 41.9 Å². The fraction of sp³-hybridized carbons (Fsp3) is 0.158. The lowest BCUT2D eigenvalue weighted by Gasteiger charge is -2.12. The Morgan fingerprint density at radius 3 is 2.58 bits per heavy atom. The third kappa shape index (κ3) is 3.19. The molecule has 0 N–H and O–H groups in total. The molecule has 5 heteroatoms. The van der Waals surface area contributed by atoms with Crippen molar-refractivity contribution in [2.24, 2.45) is 5.10 Å². The van der Waals surface area contributed by atoms with E-state index in [4.69, 9.17) is 16.3 Å². The van der Waals surface area contributed by atoms with Gasteiger partial charge in [-0.3, -0.25) is 4.79 Å². The number of hydrogen-bond donors (Lipinski definition) is 0. The number of benzene rings is 2. The Labute approximate surface area is 146 Å². The quantitative estimate of drug-likeness (QED) is 0.766. The summed E-state index contributed by atoms with van der Waals surface area (Å²) in [7, 11) is 0. The molecule has 0 saturated heterocycles. The molecule has 0 aromatic heterocycles. The number of hydrogen-bond acceptors (Lipinski definition) is 3. The molecule has 122 valence electrons. The second-order valence-electron chi connectivity index (χ2n) is 5.31. The summed E-state index contributed by atoms with van der Waals surface area (Å²) in [6, 6.07) is 14.6. The summed E-state index contributed by atoms with van der Waals surface area (Å²) >= 11 is 5.90. The molecule has 3 rings (SSSR count). The average Bonchev–Trinajstić information content (AvgIpc) is 2.86. The summed E-state index contributed by atoms with van der Waals surface area (Å²) < 4.78 is 5.62. The van der Waals surface area contributed by atoms with Gasteiger partial charge in [-0.25, -0.2) is 0 Å². The molecule has 1 aliphatic rings. The molecule has 2 aromatic rings. The number of para-hydroxylation sites is 1. The molecule has 0 fully saturated rings. The van der Waals surface area contributed by atoms with Crippen molar-refractivity contribution < 1.29 is 9.53 Å². The van der Waals surface area contributed by atoms with Gasteiger partial charge in [-0.1, -0.05) is 29.8 Å². The number of ether oxygens (including phenoxy) is 1. The number of nitrogens with zero attached hydrogens (tertiary/aromatic N) is 2. The number of halogens is 1. The van der Waals surface area contributed by atoms with Crippen molar-refractivity contribution in [1.29, 1.82) is 0 Å². The molecule has 0 radical (unpaired) electrons.